The summed E-state index contributed by atoms with van der Waals surface area (Å²) >= 11 is 1.69. The Hall–Kier alpha value is -1.56. The minimum atomic E-state index is -0.827. The van der Waals surface area contributed by atoms with Gasteiger partial charge in [0.25, 0.3) is 0 Å². The number of urea groups is 1. The largest absolute Gasteiger partial charge is 0.481 e. The summed E-state index contributed by atoms with van der Waals surface area (Å²) in [5.41, 5.74) is 0. The third-order valence-corrected chi connectivity index (χ3v) is 3.75. The van der Waals surface area contributed by atoms with E-state index in [1.54, 1.807) is 35.2 Å². The number of carbonyl (C=O) groups is 2. The van der Waals surface area contributed by atoms with Gasteiger partial charge in [-0.1, -0.05) is 6.07 Å². The molecule has 0 fully saturated rings. The van der Waals surface area contributed by atoms with E-state index in [-0.39, 0.29) is 12.5 Å². The highest BCUT2D eigenvalue weighted by Crippen LogP contribution is 2.10. The van der Waals surface area contributed by atoms with Crippen LogP contribution in [0.5, 0.6) is 0 Å². The zero-order valence-corrected chi connectivity index (χ0v) is 12.2. The van der Waals surface area contributed by atoms with Gasteiger partial charge in [-0.25, -0.2) is 4.79 Å². The molecule has 106 valence electrons. The van der Waals surface area contributed by atoms with Gasteiger partial charge in [0.15, 0.2) is 0 Å². The molecule has 0 aliphatic carbocycles. The van der Waals surface area contributed by atoms with E-state index in [1.807, 2.05) is 11.4 Å². The Kier molecular flexibility index (Phi) is 6.35. The summed E-state index contributed by atoms with van der Waals surface area (Å²) in [5, 5.41) is 10.6. The smallest absolute Gasteiger partial charge is 0.319 e. The van der Waals surface area contributed by atoms with Crippen LogP contribution in [0.4, 0.5) is 4.79 Å². The molecule has 19 heavy (non-hydrogen) atoms. The van der Waals surface area contributed by atoms with Crippen molar-refractivity contribution in [3.05, 3.63) is 22.4 Å². The average Bonchev–Trinajstić information content (AvgIpc) is 2.87. The standard InChI is InChI=1S/C13H20N2O3S/c1-14(8-3-6-12(16)17)13(18)15(2)9-7-11-5-4-10-19-11/h4-5,10H,3,6-9H2,1-2H3,(H,16,17). The van der Waals surface area contributed by atoms with Gasteiger partial charge in [-0.05, 0) is 24.3 Å². The molecule has 0 unspecified atom stereocenters. The van der Waals surface area contributed by atoms with Crippen LogP contribution in [0.3, 0.4) is 0 Å². The van der Waals surface area contributed by atoms with E-state index in [0.29, 0.717) is 19.5 Å². The lowest BCUT2D eigenvalue weighted by molar-refractivity contribution is -0.137. The Morgan fingerprint density at radius 1 is 1.26 bits per heavy atom. The molecule has 1 N–H and O–H groups in total. The van der Waals surface area contributed by atoms with E-state index in [4.69, 9.17) is 5.11 Å². The first-order chi connectivity index (χ1) is 9.00. The van der Waals surface area contributed by atoms with E-state index in [1.165, 1.54) is 4.88 Å². The van der Waals surface area contributed by atoms with Crippen molar-refractivity contribution in [3.8, 4) is 0 Å². The van der Waals surface area contributed by atoms with Crippen LogP contribution >= 0.6 is 11.3 Å². The number of carboxylic acid groups (broad SMARTS) is 1. The maximum atomic E-state index is 12.0. The molecule has 0 saturated carbocycles. The maximum Gasteiger partial charge on any atom is 0.319 e. The van der Waals surface area contributed by atoms with Crippen LogP contribution < -0.4 is 0 Å². The van der Waals surface area contributed by atoms with Gasteiger partial charge in [0.2, 0.25) is 0 Å². The van der Waals surface area contributed by atoms with Gasteiger partial charge in [0, 0.05) is 38.5 Å². The lowest BCUT2D eigenvalue weighted by Gasteiger charge is -2.24. The lowest BCUT2D eigenvalue weighted by atomic mass is 10.3. The highest BCUT2D eigenvalue weighted by atomic mass is 32.1. The van der Waals surface area contributed by atoms with Gasteiger partial charge in [0.05, 0.1) is 0 Å². The van der Waals surface area contributed by atoms with Crippen LogP contribution in [0.25, 0.3) is 0 Å². The fraction of sp³-hybridized carbons (Fsp3) is 0.538. The number of hydrogen-bond donors (Lipinski definition) is 1. The molecular weight excluding hydrogens is 264 g/mol. The minimum absolute atomic E-state index is 0.0676. The molecular formula is C13H20N2O3S. The second-order valence-electron chi connectivity index (χ2n) is 4.45. The van der Waals surface area contributed by atoms with E-state index < -0.39 is 5.97 Å². The Labute approximate surface area is 117 Å². The van der Waals surface area contributed by atoms with Gasteiger partial charge in [-0.3, -0.25) is 4.79 Å². The molecule has 1 aromatic rings. The molecule has 5 nitrogen and oxygen atoms in total. The topological polar surface area (TPSA) is 60.9 Å². The third-order valence-electron chi connectivity index (χ3n) is 2.81. The molecule has 0 atom stereocenters. The molecule has 1 rings (SSSR count). The number of likely N-dealkylation sites (N-methyl/N-ethyl adjacent to an activating group) is 1. The highest BCUT2D eigenvalue weighted by molar-refractivity contribution is 7.09. The predicted molar refractivity (Wildman–Crippen MR) is 75.5 cm³/mol. The quantitative estimate of drug-likeness (QED) is 0.834. The van der Waals surface area contributed by atoms with Crippen molar-refractivity contribution in [1.29, 1.82) is 0 Å². The van der Waals surface area contributed by atoms with E-state index >= 15 is 0 Å². The summed E-state index contributed by atoms with van der Waals surface area (Å²) in [5.74, 6) is -0.827. The Bertz CT molecular complexity index is 406. The summed E-state index contributed by atoms with van der Waals surface area (Å²) < 4.78 is 0. The molecule has 0 aliphatic heterocycles. The Morgan fingerprint density at radius 2 is 1.95 bits per heavy atom. The van der Waals surface area contributed by atoms with Crippen molar-refractivity contribution >= 4 is 23.3 Å². The molecule has 6 heteroatoms. The van der Waals surface area contributed by atoms with Gasteiger partial charge >= 0.3 is 12.0 Å². The Morgan fingerprint density at radius 3 is 2.53 bits per heavy atom. The van der Waals surface area contributed by atoms with Crippen molar-refractivity contribution in [3.63, 3.8) is 0 Å². The van der Waals surface area contributed by atoms with Crippen LogP contribution in [0.1, 0.15) is 17.7 Å². The van der Waals surface area contributed by atoms with Gasteiger partial charge in [0.1, 0.15) is 0 Å². The number of carbonyl (C=O) groups excluding carboxylic acids is 1. The van der Waals surface area contributed by atoms with Crippen molar-refractivity contribution in [2.75, 3.05) is 27.2 Å². The van der Waals surface area contributed by atoms with Crippen LogP contribution in [-0.2, 0) is 11.2 Å². The van der Waals surface area contributed by atoms with Crippen LogP contribution in [0.15, 0.2) is 17.5 Å². The maximum absolute atomic E-state index is 12.0. The second-order valence-corrected chi connectivity index (χ2v) is 5.48. The molecule has 1 aromatic heterocycles. The van der Waals surface area contributed by atoms with Crippen LogP contribution in [0, 0.1) is 0 Å². The van der Waals surface area contributed by atoms with Crippen LogP contribution in [0.2, 0.25) is 0 Å². The van der Waals surface area contributed by atoms with Crippen molar-refractivity contribution in [2.45, 2.75) is 19.3 Å². The number of aliphatic carboxylic acids is 1. The monoisotopic (exact) mass is 284 g/mol. The molecule has 0 radical (unpaired) electrons. The van der Waals surface area contributed by atoms with Crippen molar-refractivity contribution in [1.82, 2.24) is 9.80 Å². The Balaban J connectivity index is 2.28. The van der Waals surface area contributed by atoms with Crippen molar-refractivity contribution in [2.24, 2.45) is 0 Å². The summed E-state index contributed by atoms with van der Waals surface area (Å²) in [7, 11) is 3.47. The number of carboxylic acids is 1. The summed E-state index contributed by atoms with van der Waals surface area (Å²) in [6.45, 7) is 1.14. The molecule has 0 saturated heterocycles. The van der Waals surface area contributed by atoms with Crippen LogP contribution in [-0.4, -0.2) is 54.1 Å². The predicted octanol–water partition coefficient (Wildman–Crippen LogP) is 2.14. The number of nitrogens with zero attached hydrogens (tertiary/aromatic N) is 2. The SMILES string of the molecule is CN(CCCC(=O)O)C(=O)N(C)CCc1cccs1. The van der Waals surface area contributed by atoms with Crippen molar-refractivity contribution < 1.29 is 14.7 Å². The summed E-state index contributed by atoms with van der Waals surface area (Å²) in [6, 6.07) is 3.99. The first-order valence-electron chi connectivity index (χ1n) is 6.21. The molecule has 0 bridgehead atoms. The summed E-state index contributed by atoms with van der Waals surface area (Å²) in [4.78, 5) is 26.9. The first kappa shape index (κ1) is 15.5. The number of hydrogen-bond acceptors (Lipinski definition) is 3. The molecule has 0 spiro atoms. The molecule has 0 aromatic carbocycles. The molecule has 1 heterocycles. The van der Waals surface area contributed by atoms with Gasteiger partial charge in [-0.2, -0.15) is 0 Å². The molecule has 2 amide bonds. The fourth-order valence-electron chi connectivity index (χ4n) is 1.68. The minimum Gasteiger partial charge on any atom is -0.481 e. The number of thiophene rings is 1. The normalized spacial score (nSPS) is 10.2. The lowest BCUT2D eigenvalue weighted by Crippen LogP contribution is -2.40. The van der Waals surface area contributed by atoms with E-state index in [2.05, 4.69) is 6.07 Å². The highest BCUT2D eigenvalue weighted by Gasteiger charge is 2.14. The third kappa shape index (κ3) is 5.74. The van der Waals surface area contributed by atoms with E-state index in [9.17, 15) is 9.59 Å². The average molecular weight is 284 g/mol. The van der Waals surface area contributed by atoms with Gasteiger partial charge < -0.3 is 14.9 Å². The summed E-state index contributed by atoms with van der Waals surface area (Å²) in [6.07, 6.45) is 1.43. The zero-order chi connectivity index (χ0) is 14.3. The van der Waals surface area contributed by atoms with Gasteiger partial charge in [-0.15, -0.1) is 11.3 Å². The number of amides is 2. The fourth-order valence-corrected chi connectivity index (χ4v) is 2.38. The second kappa shape index (κ2) is 7.78. The van der Waals surface area contributed by atoms with E-state index in [0.717, 1.165) is 6.42 Å². The zero-order valence-electron chi connectivity index (χ0n) is 11.3. The number of rotatable bonds is 7. The first-order valence-corrected chi connectivity index (χ1v) is 7.09. The molecule has 0 aliphatic rings.